The van der Waals surface area contributed by atoms with E-state index >= 15 is 0 Å². The molecule has 0 aliphatic rings. The second kappa shape index (κ2) is 11.6. The summed E-state index contributed by atoms with van der Waals surface area (Å²) in [5.74, 6) is 0. The van der Waals surface area contributed by atoms with E-state index in [1.54, 1.807) is 4.91 Å². The molecule has 0 aliphatic carbocycles. The standard InChI is InChI=1S/Au.HN3/c;1-3-2/h;1H. The zero-order valence-corrected chi connectivity index (χ0v) is 3.86. The fourth-order valence-corrected chi connectivity index (χ4v) is 0. The van der Waals surface area contributed by atoms with Crippen LogP contribution in [-0.2, 0) is 22.4 Å². The van der Waals surface area contributed by atoms with E-state index in [9.17, 15) is 0 Å². The van der Waals surface area contributed by atoms with Crippen LogP contribution in [0.25, 0.3) is 10.4 Å². The van der Waals surface area contributed by atoms with Crippen molar-refractivity contribution >= 4 is 0 Å². The largest absolute Gasteiger partial charge is 0.108 e. The summed E-state index contributed by atoms with van der Waals surface area (Å²) in [6, 6.07) is 0. The Bertz CT molecular complexity index is 24.3. The summed E-state index contributed by atoms with van der Waals surface area (Å²) >= 11 is 0. The van der Waals surface area contributed by atoms with Crippen molar-refractivity contribution in [1.29, 1.82) is 5.53 Å². The van der Waals surface area contributed by atoms with Crippen LogP contribution >= 0.6 is 0 Å². The quantitative estimate of drug-likeness (QED) is 0.282. The van der Waals surface area contributed by atoms with Crippen LogP contribution in [0.4, 0.5) is 0 Å². The molecule has 0 saturated carbocycles. The van der Waals surface area contributed by atoms with E-state index in [1.165, 1.54) is 0 Å². The summed E-state index contributed by atoms with van der Waals surface area (Å²) in [5.41, 5.74) is 12.2. The third-order valence-electron chi connectivity index (χ3n) is 0. The zero-order chi connectivity index (χ0) is 2.71. The molecule has 3 nitrogen and oxygen atoms in total. The second-order valence-corrected chi connectivity index (χ2v) is 0.100. The average Bonchev–Trinajstić information content (AvgIpc) is 0.918. The molecule has 0 atom stereocenters. The van der Waals surface area contributed by atoms with Crippen LogP contribution < -0.4 is 0 Å². The molecule has 0 fully saturated rings. The molecule has 4 heteroatoms. The minimum Gasteiger partial charge on any atom is -0.108 e. The predicted molar refractivity (Wildman–Crippen MR) is 9.44 cm³/mol. The zero-order valence-electron chi connectivity index (χ0n) is 1.70. The monoisotopic (exact) mass is 240 g/mol. The van der Waals surface area contributed by atoms with Crippen LogP contribution in [0.15, 0.2) is 0 Å². The van der Waals surface area contributed by atoms with Crippen molar-refractivity contribution in [3.63, 3.8) is 0 Å². The Balaban J connectivity index is 0. The van der Waals surface area contributed by atoms with E-state index in [2.05, 4.69) is 0 Å². The van der Waals surface area contributed by atoms with Gasteiger partial charge in [-0.1, -0.05) is 0 Å². The van der Waals surface area contributed by atoms with Gasteiger partial charge in [0.2, 0.25) is 0 Å². The maximum absolute atomic E-state index is 6.86. The first-order valence-corrected chi connectivity index (χ1v) is 0.424. The summed E-state index contributed by atoms with van der Waals surface area (Å²) in [6.07, 6.45) is 0. The SMILES string of the molecule is [Au].[N-]=[N+]=N. The minimum atomic E-state index is 0. The Hall–Kier alpha value is 0.0503. The third kappa shape index (κ3) is 895. The summed E-state index contributed by atoms with van der Waals surface area (Å²) < 4.78 is 0. The van der Waals surface area contributed by atoms with E-state index < -0.39 is 0 Å². The number of nitrogens with zero attached hydrogens (tertiary/aromatic N) is 2. The molecule has 0 saturated heterocycles. The van der Waals surface area contributed by atoms with Crippen molar-refractivity contribution in [2.75, 3.05) is 0 Å². The predicted octanol–water partition coefficient (Wildman–Crippen LogP) is 0.873. The molecular weight excluding hydrogens is 239 g/mol. The molecule has 0 heterocycles. The maximum atomic E-state index is 6.86. The number of hydrogen-bond donors (Lipinski definition) is 1. The van der Waals surface area contributed by atoms with E-state index in [4.69, 9.17) is 11.1 Å². The molecule has 0 aromatic carbocycles. The molecule has 0 aliphatic heterocycles. The molecule has 0 spiro atoms. The summed E-state index contributed by atoms with van der Waals surface area (Å²) in [7, 11) is 0. The Morgan fingerprint density at radius 3 is 1.75 bits per heavy atom. The van der Waals surface area contributed by atoms with Crippen LogP contribution in [0.1, 0.15) is 0 Å². The van der Waals surface area contributed by atoms with Crippen LogP contribution in [-0.4, -0.2) is 0 Å². The smallest absolute Gasteiger partial charge is 0 e. The molecule has 0 amide bonds. The molecule has 1 N–H and O–H groups in total. The minimum absolute atomic E-state index is 0. The molecule has 4 heavy (non-hydrogen) atoms. The van der Waals surface area contributed by atoms with E-state index in [-0.39, 0.29) is 22.4 Å². The first kappa shape index (κ1) is 8.96. The van der Waals surface area contributed by atoms with Gasteiger partial charge in [-0.15, -0.1) is 5.53 Å². The first-order chi connectivity index (χ1) is 1.41. The third-order valence-corrected chi connectivity index (χ3v) is 0. The Kier molecular flexibility index (Phi) is 26.1. The molecule has 0 bridgehead atoms. The van der Waals surface area contributed by atoms with Gasteiger partial charge in [0, 0.05) is 22.4 Å². The van der Waals surface area contributed by atoms with Gasteiger partial charge in [0.1, 0.15) is 0 Å². The van der Waals surface area contributed by atoms with Crippen LogP contribution in [0, 0.1) is 5.53 Å². The van der Waals surface area contributed by atoms with Crippen molar-refractivity contribution in [3.05, 3.63) is 10.4 Å². The van der Waals surface area contributed by atoms with Crippen LogP contribution in [0.5, 0.6) is 0 Å². The Morgan fingerprint density at radius 2 is 1.75 bits per heavy atom. The van der Waals surface area contributed by atoms with Gasteiger partial charge >= 0.3 is 0 Å². The first-order valence-electron chi connectivity index (χ1n) is 0.424. The summed E-state index contributed by atoms with van der Waals surface area (Å²) in [4.78, 5) is 1.75. The van der Waals surface area contributed by atoms with Gasteiger partial charge in [-0.3, -0.25) is 0 Å². The Morgan fingerprint density at radius 1 is 1.75 bits per heavy atom. The van der Waals surface area contributed by atoms with Crippen molar-refractivity contribution in [1.82, 2.24) is 0 Å². The van der Waals surface area contributed by atoms with E-state index in [1.807, 2.05) is 0 Å². The number of hydrogen-bond acceptors (Lipinski definition) is 1. The van der Waals surface area contributed by atoms with Crippen LogP contribution in [0.3, 0.4) is 0 Å². The van der Waals surface area contributed by atoms with Gasteiger partial charge in [-0.25, -0.2) is 0 Å². The summed E-state index contributed by atoms with van der Waals surface area (Å²) in [5, 5.41) is 0. The van der Waals surface area contributed by atoms with Crippen molar-refractivity contribution < 1.29 is 22.4 Å². The fraction of sp³-hybridized carbons (Fsp3) is 0. The molecule has 0 aromatic heterocycles. The van der Waals surface area contributed by atoms with Crippen molar-refractivity contribution in [2.45, 2.75) is 0 Å². The molecule has 0 unspecified atom stereocenters. The normalized spacial score (nSPS) is 2.00. The maximum Gasteiger partial charge on any atom is 0 e. The topological polar surface area (TPSA) is 60.3 Å². The van der Waals surface area contributed by atoms with Crippen molar-refractivity contribution in [3.8, 4) is 0 Å². The van der Waals surface area contributed by atoms with Gasteiger partial charge in [-0.05, 0) is 10.4 Å². The Labute approximate surface area is 38.9 Å². The van der Waals surface area contributed by atoms with Gasteiger partial charge in [0.25, 0.3) is 0 Å². The number of nitrogens with one attached hydrogen (secondary N) is 1. The van der Waals surface area contributed by atoms with Gasteiger partial charge in [0.15, 0.2) is 0 Å². The van der Waals surface area contributed by atoms with E-state index in [0.29, 0.717) is 0 Å². The fourth-order valence-electron chi connectivity index (χ4n) is 0. The van der Waals surface area contributed by atoms with Gasteiger partial charge < -0.3 is 0 Å². The molecular formula is HAuN3. The van der Waals surface area contributed by atoms with Crippen LogP contribution in [0.2, 0.25) is 0 Å². The number of rotatable bonds is 0. The molecule has 0 rings (SSSR count). The molecule has 0 aromatic rings. The average molecular weight is 240 g/mol. The molecule has 1 radical (unpaired) electrons. The van der Waals surface area contributed by atoms with E-state index in [0.717, 1.165) is 0 Å². The van der Waals surface area contributed by atoms with Crippen molar-refractivity contribution in [2.24, 2.45) is 0 Å². The van der Waals surface area contributed by atoms with Gasteiger partial charge in [-0.2, -0.15) is 0 Å². The summed E-state index contributed by atoms with van der Waals surface area (Å²) in [6.45, 7) is 0. The molecule has 27 valence electrons. The second-order valence-electron chi connectivity index (χ2n) is 0.100. The van der Waals surface area contributed by atoms with Gasteiger partial charge in [0.05, 0.1) is 0 Å².